The summed E-state index contributed by atoms with van der Waals surface area (Å²) in [5.41, 5.74) is 7.36. The summed E-state index contributed by atoms with van der Waals surface area (Å²) in [5, 5.41) is 2.72. The van der Waals surface area contributed by atoms with Crippen molar-refractivity contribution >= 4 is 33.2 Å². The van der Waals surface area contributed by atoms with Crippen molar-refractivity contribution in [2.24, 2.45) is 0 Å². The minimum absolute atomic E-state index is 0.0701. The fourth-order valence-electron chi connectivity index (χ4n) is 1.70. The van der Waals surface area contributed by atoms with E-state index >= 15 is 0 Å². The predicted molar refractivity (Wildman–Crippen MR) is 82.6 cm³/mol. The number of carbonyl (C=O) groups is 1. The fourth-order valence-corrected chi connectivity index (χ4v) is 1.96. The van der Waals surface area contributed by atoms with Crippen LogP contribution >= 0.6 is 15.9 Å². The molecule has 20 heavy (non-hydrogen) atoms. The zero-order chi connectivity index (χ0) is 14.7. The Kier molecular flexibility index (Phi) is 4.24. The molecule has 0 fully saturated rings. The molecule has 1 heterocycles. The molecular formula is C14H14BrN3O2. The number of nitrogens with one attached hydrogen (secondary N) is 1. The standard InChI is InChI=1S/C14H14BrN3O2/c1-9-6-14(20)18(7-12(9)16)8-13(19)17-11-4-2-10(15)3-5-11/h2-7H,8,16H2,1H3,(H,17,19). The third-order valence-corrected chi connectivity index (χ3v) is 3.34. The maximum Gasteiger partial charge on any atom is 0.251 e. The van der Waals surface area contributed by atoms with Gasteiger partial charge in [0, 0.05) is 22.4 Å². The minimum Gasteiger partial charge on any atom is -0.397 e. The molecule has 0 atom stereocenters. The van der Waals surface area contributed by atoms with Gasteiger partial charge in [-0.3, -0.25) is 9.59 Å². The van der Waals surface area contributed by atoms with Gasteiger partial charge in [0.05, 0.1) is 5.69 Å². The smallest absolute Gasteiger partial charge is 0.251 e. The first-order chi connectivity index (χ1) is 9.45. The molecule has 5 nitrogen and oxygen atoms in total. The highest BCUT2D eigenvalue weighted by molar-refractivity contribution is 9.10. The van der Waals surface area contributed by atoms with Gasteiger partial charge in [-0.15, -0.1) is 0 Å². The number of nitrogens with two attached hydrogens (primary N) is 1. The predicted octanol–water partition coefficient (Wildman–Crippen LogP) is 2.14. The number of benzene rings is 1. The maximum absolute atomic E-state index is 11.9. The number of hydrogen-bond acceptors (Lipinski definition) is 3. The molecule has 2 aromatic rings. The molecule has 6 heteroatoms. The highest BCUT2D eigenvalue weighted by Gasteiger charge is 2.07. The van der Waals surface area contributed by atoms with Crippen molar-refractivity contribution < 1.29 is 4.79 Å². The first-order valence-electron chi connectivity index (χ1n) is 5.97. The zero-order valence-corrected chi connectivity index (χ0v) is 12.5. The van der Waals surface area contributed by atoms with Crippen LogP contribution in [0.2, 0.25) is 0 Å². The topological polar surface area (TPSA) is 77.1 Å². The quantitative estimate of drug-likeness (QED) is 0.902. The molecule has 0 unspecified atom stereocenters. The number of aryl methyl sites for hydroxylation is 1. The Balaban J connectivity index is 2.10. The molecule has 2 rings (SSSR count). The van der Waals surface area contributed by atoms with E-state index < -0.39 is 0 Å². The van der Waals surface area contributed by atoms with Gasteiger partial charge in [-0.2, -0.15) is 0 Å². The molecule has 0 aliphatic heterocycles. The second-order valence-corrected chi connectivity index (χ2v) is 5.35. The first-order valence-corrected chi connectivity index (χ1v) is 6.77. The van der Waals surface area contributed by atoms with E-state index in [0.29, 0.717) is 16.9 Å². The van der Waals surface area contributed by atoms with Crippen molar-refractivity contribution in [2.75, 3.05) is 11.1 Å². The summed E-state index contributed by atoms with van der Waals surface area (Å²) in [6.07, 6.45) is 1.48. The summed E-state index contributed by atoms with van der Waals surface area (Å²) < 4.78 is 2.22. The number of nitrogen functional groups attached to an aromatic ring is 1. The van der Waals surface area contributed by atoms with E-state index in [1.165, 1.54) is 16.8 Å². The molecule has 3 N–H and O–H groups in total. The average molecular weight is 336 g/mol. The molecule has 0 aliphatic carbocycles. The van der Waals surface area contributed by atoms with Crippen LogP contribution in [-0.2, 0) is 11.3 Å². The summed E-state index contributed by atoms with van der Waals surface area (Å²) in [5.74, 6) is -0.280. The summed E-state index contributed by atoms with van der Waals surface area (Å²) >= 11 is 3.32. The molecule has 0 saturated heterocycles. The van der Waals surface area contributed by atoms with Crippen molar-refractivity contribution in [2.45, 2.75) is 13.5 Å². The van der Waals surface area contributed by atoms with Gasteiger partial charge in [0.25, 0.3) is 5.56 Å². The van der Waals surface area contributed by atoms with Gasteiger partial charge in [0.1, 0.15) is 6.54 Å². The Morgan fingerprint density at radius 2 is 2.00 bits per heavy atom. The number of aromatic nitrogens is 1. The number of nitrogens with zero attached hydrogens (tertiary/aromatic N) is 1. The molecule has 0 spiro atoms. The van der Waals surface area contributed by atoms with Crippen LogP contribution < -0.4 is 16.6 Å². The van der Waals surface area contributed by atoms with E-state index in [0.717, 1.165) is 4.47 Å². The van der Waals surface area contributed by atoms with E-state index in [9.17, 15) is 9.59 Å². The maximum atomic E-state index is 11.9. The Morgan fingerprint density at radius 1 is 1.35 bits per heavy atom. The number of anilines is 2. The average Bonchev–Trinajstić information content (AvgIpc) is 2.39. The summed E-state index contributed by atoms with van der Waals surface area (Å²) in [7, 11) is 0. The third-order valence-electron chi connectivity index (χ3n) is 2.82. The van der Waals surface area contributed by atoms with E-state index in [2.05, 4.69) is 21.2 Å². The lowest BCUT2D eigenvalue weighted by molar-refractivity contribution is -0.116. The second kappa shape index (κ2) is 5.92. The Morgan fingerprint density at radius 3 is 2.65 bits per heavy atom. The molecule has 0 saturated carbocycles. The summed E-state index contributed by atoms with van der Waals surface area (Å²) in [6.45, 7) is 1.68. The summed E-state index contributed by atoms with van der Waals surface area (Å²) in [6, 6.07) is 8.61. The third kappa shape index (κ3) is 3.48. The van der Waals surface area contributed by atoms with Crippen LogP contribution in [0, 0.1) is 6.92 Å². The Bertz CT molecular complexity index is 693. The van der Waals surface area contributed by atoms with Crippen molar-refractivity contribution in [3.63, 3.8) is 0 Å². The number of rotatable bonds is 3. The van der Waals surface area contributed by atoms with Gasteiger partial charge in [0.15, 0.2) is 0 Å². The lowest BCUT2D eigenvalue weighted by atomic mass is 10.2. The summed E-state index contributed by atoms with van der Waals surface area (Å²) in [4.78, 5) is 23.6. The van der Waals surface area contributed by atoms with E-state index in [1.54, 1.807) is 19.1 Å². The number of halogens is 1. The number of pyridine rings is 1. The monoisotopic (exact) mass is 335 g/mol. The molecule has 104 valence electrons. The van der Waals surface area contributed by atoms with Crippen LogP contribution in [0.1, 0.15) is 5.56 Å². The minimum atomic E-state index is -0.280. The van der Waals surface area contributed by atoms with Gasteiger partial charge in [-0.05, 0) is 36.8 Å². The SMILES string of the molecule is Cc1cc(=O)n(CC(=O)Nc2ccc(Br)cc2)cc1N. The molecule has 0 radical (unpaired) electrons. The van der Waals surface area contributed by atoms with Crippen LogP contribution in [0.5, 0.6) is 0 Å². The molecule has 0 aliphatic rings. The van der Waals surface area contributed by atoms with E-state index in [4.69, 9.17) is 5.73 Å². The van der Waals surface area contributed by atoms with Gasteiger partial charge in [-0.25, -0.2) is 0 Å². The van der Waals surface area contributed by atoms with Crippen molar-refractivity contribution in [1.29, 1.82) is 0 Å². The van der Waals surface area contributed by atoms with Crippen LogP contribution in [0.15, 0.2) is 45.8 Å². The fraction of sp³-hybridized carbons (Fsp3) is 0.143. The van der Waals surface area contributed by atoms with Crippen molar-refractivity contribution in [1.82, 2.24) is 4.57 Å². The Labute approximate surface area is 124 Å². The van der Waals surface area contributed by atoms with Crippen molar-refractivity contribution in [3.05, 3.63) is 56.9 Å². The number of carbonyl (C=O) groups excluding carboxylic acids is 1. The molecule has 1 aromatic carbocycles. The Hall–Kier alpha value is -2.08. The second-order valence-electron chi connectivity index (χ2n) is 4.43. The van der Waals surface area contributed by atoms with Gasteiger partial charge < -0.3 is 15.6 Å². The lowest BCUT2D eigenvalue weighted by Gasteiger charge is -2.09. The van der Waals surface area contributed by atoms with E-state index in [1.807, 2.05) is 12.1 Å². The van der Waals surface area contributed by atoms with Crippen LogP contribution in [0.3, 0.4) is 0 Å². The highest BCUT2D eigenvalue weighted by Crippen LogP contribution is 2.14. The normalized spacial score (nSPS) is 10.3. The van der Waals surface area contributed by atoms with Crippen LogP contribution in [-0.4, -0.2) is 10.5 Å². The number of amides is 1. The van der Waals surface area contributed by atoms with Crippen LogP contribution in [0.25, 0.3) is 0 Å². The zero-order valence-electron chi connectivity index (χ0n) is 10.9. The van der Waals surface area contributed by atoms with Gasteiger partial charge in [0.2, 0.25) is 5.91 Å². The molecule has 1 aromatic heterocycles. The largest absolute Gasteiger partial charge is 0.397 e. The highest BCUT2D eigenvalue weighted by atomic mass is 79.9. The van der Waals surface area contributed by atoms with Crippen molar-refractivity contribution in [3.8, 4) is 0 Å². The van der Waals surface area contributed by atoms with Crippen LogP contribution in [0.4, 0.5) is 11.4 Å². The number of hydrogen-bond donors (Lipinski definition) is 2. The molecular weight excluding hydrogens is 322 g/mol. The lowest BCUT2D eigenvalue weighted by Crippen LogP contribution is -2.27. The molecule has 1 amide bonds. The van der Waals surface area contributed by atoms with E-state index in [-0.39, 0.29) is 18.0 Å². The van der Waals surface area contributed by atoms with Gasteiger partial charge in [-0.1, -0.05) is 15.9 Å². The first kappa shape index (κ1) is 14.3. The van der Waals surface area contributed by atoms with Gasteiger partial charge >= 0.3 is 0 Å². The molecule has 0 bridgehead atoms.